The van der Waals surface area contributed by atoms with Gasteiger partial charge in [0.15, 0.2) is 5.16 Å². The van der Waals surface area contributed by atoms with Crippen LogP contribution in [0.25, 0.3) is 0 Å². The molecule has 0 aliphatic rings. The van der Waals surface area contributed by atoms with Crippen molar-refractivity contribution in [3.05, 3.63) is 35.5 Å². The Morgan fingerprint density at radius 3 is 2.70 bits per heavy atom. The minimum atomic E-state index is -0.698. The van der Waals surface area contributed by atoms with Gasteiger partial charge < -0.3 is 11.1 Å². The van der Waals surface area contributed by atoms with E-state index in [0.29, 0.717) is 5.30 Å². The van der Waals surface area contributed by atoms with Gasteiger partial charge in [-0.2, -0.15) is 9.37 Å². The van der Waals surface area contributed by atoms with Crippen LogP contribution in [0.1, 0.15) is 5.56 Å². The van der Waals surface area contributed by atoms with E-state index in [-0.39, 0.29) is 28.8 Å². The van der Waals surface area contributed by atoms with Crippen LogP contribution in [0.5, 0.6) is 0 Å². The zero-order chi connectivity index (χ0) is 14.7. The van der Waals surface area contributed by atoms with Gasteiger partial charge in [0.2, 0.25) is 5.95 Å². The van der Waals surface area contributed by atoms with Gasteiger partial charge in [-0.15, -0.1) is 9.24 Å². The van der Waals surface area contributed by atoms with E-state index >= 15 is 0 Å². The van der Waals surface area contributed by atoms with E-state index in [9.17, 15) is 8.78 Å². The molecule has 0 aliphatic carbocycles. The second-order valence-electron chi connectivity index (χ2n) is 3.86. The first-order valence-corrected chi connectivity index (χ1v) is 7.48. The van der Waals surface area contributed by atoms with Crippen LogP contribution in [0.4, 0.5) is 20.3 Å². The molecule has 1 unspecified atom stereocenters. The van der Waals surface area contributed by atoms with Crippen LogP contribution in [0, 0.1) is 11.8 Å². The van der Waals surface area contributed by atoms with Crippen LogP contribution in [0.2, 0.25) is 0 Å². The molecule has 106 valence electrons. The average Bonchev–Trinajstić information content (AvgIpc) is 2.42. The van der Waals surface area contributed by atoms with Crippen LogP contribution >= 0.6 is 21.0 Å². The van der Waals surface area contributed by atoms with E-state index in [4.69, 9.17) is 5.73 Å². The molecule has 0 fully saturated rings. The zero-order valence-electron chi connectivity index (χ0n) is 10.7. The quantitative estimate of drug-likeness (QED) is 0.392. The molecule has 4 nitrogen and oxygen atoms in total. The first-order valence-electron chi connectivity index (χ1n) is 5.68. The second kappa shape index (κ2) is 6.43. The lowest BCUT2D eigenvalue weighted by Gasteiger charge is -2.13. The molecule has 1 atom stereocenters. The maximum Gasteiger partial charge on any atom is 0.223 e. The number of halogens is 2. The summed E-state index contributed by atoms with van der Waals surface area (Å²) in [6, 6.07) is 4.61. The first kappa shape index (κ1) is 15.1. The fourth-order valence-corrected chi connectivity index (χ4v) is 2.28. The van der Waals surface area contributed by atoms with Crippen LogP contribution in [0.3, 0.4) is 0 Å². The number of aromatic nitrogens is 2. The first-order chi connectivity index (χ1) is 9.56. The van der Waals surface area contributed by atoms with Gasteiger partial charge in [0.25, 0.3) is 0 Å². The predicted octanol–water partition coefficient (Wildman–Crippen LogP) is 2.18. The van der Waals surface area contributed by atoms with Crippen molar-refractivity contribution in [3.63, 3.8) is 0 Å². The molecule has 1 heterocycles. The van der Waals surface area contributed by atoms with Crippen molar-refractivity contribution in [2.24, 2.45) is 5.73 Å². The van der Waals surface area contributed by atoms with Crippen molar-refractivity contribution in [1.82, 2.24) is 9.97 Å². The highest BCUT2D eigenvalue weighted by Gasteiger charge is 2.15. The van der Waals surface area contributed by atoms with Crippen molar-refractivity contribution >= 4 is 37.8 Å². The number of rotatable bonds is 4. The van der Waals surface area contributed by atoms with Crippen molar-refractivity contribution in [2.75, 3.05) is 11.6 Å². The highest BCUT2D eigenvalue weighted by molar-refractivity contribution is 7.98. The predicted molar refractivity (Wildman–Crippen MR) is 80.7 cm³/mol. The van der Waals surface area contributed by atoms with Crippen LogP contribution in [-0.4, -0.2) is 16.2 Å². The third kappa shape index (κ3) is 3.06. The lowest BCUT2D eigenvalue weighted by atomic mass is 10.2. The lowest BCUT2D eigenvalue weighted by Crippen LogP contribution is -2.13. The number of nitrogens with one attached hydrogen (secondary N) is 1. The third-order valence-electron chi connectivity index (χ3n) is 2.61. The Morgan fingerprint density at radius 1 is 1.35 bits per heavy atom. The Morgan fingerprint density at radius 2 is 2.10 bits per heavy atom. The van der Waals surface area contributed by atoms with E-state index in [1.54, 1.807) is 18.4 Å². The van der Waals surface area contributed by atoms with Crippen LogP contribution < -0.4 is 16.4 Å². The largest absolute Gasteiger partial charge is 0.337 e. The summed E-state index contributed by atoms with van der Waals surface area (Å²) in [4.78, 5) is 7.82. The number of thioether (sulfide) groups is 1. The highest BCUT2D eigenvalue weighted by Crippen LogP contribution is 2.24. The van der Waals surface area contributed by atoms with Crippen LogP contribution in [0.15, 0.2) is 23.4 Å². The Bertz CT molecular complexity index is 619. The minimum Gasteiger partial charge on any atom is -0.337 e. The van der Waals surface area contributed by atoms with Gasteiger partial charge in [0.1, 0.15) is 11.6 Å². The maximum atomic E-state index is 13.8. The minimum absolute atomic E-state index is 0.0799. The molecule has 1 aromatic heterocycles. The molecule has 0 bridgehead atoms. The third-order valence-corrected chi connectivity index (χ3v) is 3.64. The van der Waals surface area contributed by atoms with Gasteiger partial charge in [-0.05, 0) is 17.6 Å². The normalized spacial score (nSPS) is 10.7. The van der Waals surface area contributed by atoms with Crippen molar-refractivity contribution < 1.29 is 8.78 Å². The molecule has 0 saturated carbocycles. The van der Waals surface area contributed by atoms with Gasteiger partial charge >= 0.3 is 0 Å². The summed E-state index contributed by atoms with van der Waals surface area (Å²) in [7, 11) is 2.41. The number of nitrogens with two attached hydrogens (primary N) is 1. The van der Waals surface area contributed by atoms with Gasteiger partial charge in [-0.3, -0.25) is 0 Å². The summed E-state index contributed by atoms with van der Waals surface area (Å²) in [6.45, 7) is -0.0799. The Hall–Kier alpha value is -1.30. The maximum absolute atomic E-state index is 13.8. The van der Waals surface area contributed by atoms with Gasteiger partial charge in [-0.25, -0.2) is 9.37 Å². The van der Waals surface area contributed by atoms with Crippen molar-refractivity contribution in [2.45, 2.75) is 11.7 Å². The highest BCUT2D eigenvalue weighted by atomic mass is 32.2. The Kier molecular flexibility index (Phi) is 4.86. The number of nitrogens with zero attached hydrogens (tertiary/aromatic N) is 2. The fourth-order valence-electron chi connectivity index (χ4n) is 1.60. The second-order valence-corrected chi connectivity index (χ2v) is 5.26. The summed E-state index contributed by atoms with van der Waals surface area (Å²) >= 11 is 1.19. The summed E-state index contributed by atoms with van der Waals surface area (Å²) < 4.78 is 27.6. The molecule has 0 radical (unpaired) electrons. The molecule has 2 aromatic rings. The summed E-state index contributed by atoms with van der Waals surface area (Å²) in [5.41, 5.74) is 5.85. The molecule has 2 rings (SSSR count). The number of hydrogen-bond acceptors (Lipinski definition) is 5. The van der Waals surface area contributed by atoms with Crippen molar-refractivity contribution in [3.8, 4) is 0 Å². The van der Waals surface area contributed by atoms with E-state index in [2.05, 4.69) is 24.5 Å². The summed E-state index contributed by atoms with van der Waals surface area (Å²) in [5.74, 6) is -0.973. The molecular weight excluding hydrogens is 301 g/mol. The van der Waals surface area contributed by atoms with Crippen molar-refractivity contribution in [1.29, 1.82) is 0 Å². The number of para-hydroxylation sites is 1. The molecule has 0 spiro atoms. The molecule has 0 amide bonds. The number of benzene rings is 1. The molecule has 0 aliphatic heterocycles. The zero-order valence-corrected chi connectivity index (χ0v) is 12.6. The standard InChI is InChI=1S/C12H13F2N4PS/c1-20-12-17-10(14)6(5-15)11(18-12)16-9-7(13)3-2-4-8(9)19/h2-4H,5,15,19H2,1H3,(H,16,17,18). The number of hydrogen-bond donors (Lipinski definition) is 2. The monoisotopic (exact) mass is 314 g/mol. The van der Waals surface area contributed by atoms with E-state index in [1.165, 1.54) is 17.8 Å². The van der Waals surface area contributed by atoms with E-state index in [0.717, 1.165) is 0 Å². The molecule has 20 heavy (non-hydrogen) atoms. The lowest BCUT2D eigenvalue weighted by molar-refractivity contribution is 0.547. The fraction of sp³-hybridized carbons (Fsp3) is 0.167. The van der Waals surface area contributed by atoms with E-state index < -0.39 is 11.8 Å². The SMILES string of the molecule is CSc1nc(F)c(CN)c(Nc2c(F)cccc2P)n1. The van der Waals surface area contributed by atoms with Crippen LogP contribution in [-0.2, 0) is 6.54 Å². The molecule has 3 N–H and O–H groups in total. The Labute approximate surface area is 121 Å². The molecular formula is C12H13F2N4PS. The van der Waals surface area contributed by atoms with Gasteiger partial charge in [-0.1, -0.05) is 23.9 Å². The van der Waals surface area contributed by atoms with Gasteiger partial charge in [0.05, 0.1) is 11.3 Å². The Balaban J connectivity index is 2.50. The molecule has 8 heteroatoms. The smallest absolute Gasteiger partial charge is 0.223 e. The molecule has 0 saturated heterocycles. The summed E-state index contributed by atoms with van der Waals surface area (Å²) in [5, 5.41) is 3.66. The summed E-state index contributed by atoms with van der Waals surface area (Å²) in [6.07, 6.45) is 1.73. The molecule has 1 aromatic carbocycles. The van der Waals surface area contributed by atoms with Gasteiger partial charge in [0, 0.05) is 6.54 Å². The topological polar surface area (TPSA) is 63.8 Å². The van der Waals surface area contributed by atoms with E-state index in [1.807, 2.05) is 0 Å². The number of anilines is 2. The average molecular weight is 314 g/mol.